The van der Waals surface area contributed by atoms with Crippen LogP contribution in [0.4, 0.5) is 0 Å². The minimum absolute atomic E-state index is 0.105. The van der Waals surface area contributed by atoms with E-state index in [1.165, 1.54) is 11.8 Å². The molecule has 22 heavy (non-hydrogen) atoms. The summed E-state index contributed by atoms with van der Waals surface area (Å²) >= 11 is 7.93. The number of rotatable bonds is 1. The standard InChI is InChI=1S/C18H12ClNOS/c19-13-8-4-9-15-18(13)22-17(12-6-2-1-3-7-12)16(21)14-10-5-11-20(14)15/h1-11,17H. The van der Waals surface area contributed by atoms with E-state index in [1.807, 2.05) is 71.4 Å². The number of fused-ring (bicyclic) bond motifs is 3. The Bertz CT molecular complexity index is 857. The molecule has 2 aromatic carbocycles. The Morgan fingerprint density at radius 2 is 1.77 bits per heavy atom. The van der Waals surface area contributed by atoms with Crippen molar-refractivity contribution in [3.05, 3.63) is 83.1 Å². The molecule has 1 aromatic heterocycles. The van der Waals surface area contributed by atoms with Crippen LogP contribution in [0, 0.1) is 0 Å². The number of aromatic nitrogens is 1. The first-order chi connectivity index (χ1) is 10.8. The molecule has 0 aliphatic carbocycles. The van der Waals surface area contributed by atoms with Crippen molar-refractivity contribution in [2.75, 3.05) is 0 Å². The fourth-order valence-electron chi connectivity index (χ4n) is 2.75. The zero-order valence-corrected chi connectivity index (χ0v) is 13.1. The van der Waals surface area contributed by atoms with Gasteiger partial charge in [-0.25, -0.2) is 0 Å². The average molecular weight is 326 g/mol. The van der Waals surface area contributed by atoms with E-state index in [-0.39, 0.29) is 11.0 Å². The largest absolute Gasteiger partial charge is 0.313 e. The van der Waals surface area contributed by atoms with Crippen LogP contribution in [0.25, 0.3) is 5.69 Å². The van der Waals surface area contributed by atoms with Crippen LogP contribution in [0.3, 0.4) is 0 Å². The summed E-state index contributed by atoms with van der Waals surface area (Å²) < 4.78 is 1.93. The highest BCUT2D eigenvalue weighted by molar-refractivity contribution is 8.00. The first-order valence-electron chi connectivity index (χ1n) is 6.98. The van der Waals surface area contributed by atoms with Crippen molar-refractivity contribution < 1.29 is 4.79 Å². The van der Waals surface area contributed by atoms with E-state index in [0.29, 0.717) is 10.7 Å². The monoisotopic (exact) mass is 325 g/mol. The van der Waals surface area contributed by atoms with Gasteiger partial charge in [0, 0.05) is 6.20 Å². The second-order valence-electron chi connectivity index (χ2n) is 5.12. The molecule has 3 aromatic rings. The molecule has 0 saturated heterocycles. The summed E-state index contributed by atoms with van der Waals surface area (Å²) in [4.78, 5) is 13.9. The molecule has 1 unspecified atom stereocenters. The second-order valence-corrected chi connectivity index (χ2v) is 6.65. The predicted molar refractivity (Wildman–Crippen MR) is 90.1 cm³/mol. The molecule has 1 atom stereocenters. The highest BCUT2D eigenvalue weighted by atomic mass is 35.5. The maximum absolute atomic E-state index is 13.0. The van der Waals surface area contributed by atoms with E-state index in [9.17, 15) is 4.79 Å². The van der Waals surface area contributed by atoms with E-state index < -0.39 is 0 Å². The van der Waals surface area contributed by atoms with Gasteiger partial charge in [0.15, 0.2) is 5.78 Å². The summed E-state index contributed by atoms with van der Waals surface area (Å²) in [6.07, 6.45) is 1.91. The number of benzene rings is 2. The maximum atomic E-state index is 13.0. The van der Waals surface area contributed by atoms with Gasteiger partial charge >= 0.3 is 0 Å². The third-order valence-corrected chi connectivity index (χ3v) is 5.60. The Hall–Kier alpha value is -1.97. The van der Waals surface area contributed by atoms with Crippen molar-refractivity contribution in [2.24, 2.45) is 0 Å². The molecule has 1 aliphatic heterocycles. The zero-order valence-electron chi connectivity index (χ0n) is 11.6. The van der Waals surface area contributed by atoms with Crippen LogP contribution in [0.15, 0.2) is 71.8 Å². The van der Waals surface area contributed by atoms with Gasteiger partial charge in [0.25, 0.3) is 0 Å². The highest BCUT2D eigenvalue weighted by Crippen LogP contribution is 2.46. The topological polar surface area (TPSA) is 22.0 Å². The Kier molecular flexibility index (Phi) is 3.32. The number of hydrogen-bond donors (Lipinski definition) is 0. The van der Waals surface area contributed by atoms with Gasteiger partial charge in [-0.1, -0.05) is 48.0 Å². The van der Waals surface area contributed by atoms with E-state index >= 15 is 0 Å². The lowest BCUT2D eigenvalue weighted by atomic mass is 10.1. The molecule has 0 N–H and O–H groups in total. The lowest BCUT2D eigenvalue weighted by Crippen LogP contribution is -2.11. The van der Waals surface area contributed by atoms with Gasteiger partial charge in [-0.15, -0.1) is 11.8 Å². The van der Waals surface area contributed by atoms with Gasteiger partial charge in [0.05, 0.1) is 26.5 Å². The molecule has 0 fully saturated rings. The molecule has 0 amide bonds. The van der Waals surface area contributed by atoms with Crippen molar-refractivity contribution in [3.8, 4) is 5.69 Å². The molecular formula is C18H12ClNOS. The van der Waals surface area contributed by atoms with Crippen molar-refractivity contribution >= 4 is 29.1 Å². The number of nitrogens with zero attached hydrogens (tertiary/aromatic N) is 1. The molecule has 0 radical (unpaired) electrons. The van der Waals surface area contributed by atoms with Gasteiger partial charge in [-0.2, -0.15) is 0 Å². The minimum atomic E-state index is -0.281. The number of halogens is 1. The van der Waals surface area contributed by atoms with Gasteiger partial charge in [0.2, 0.25) is 0 Å². The number of thioether (sulfide) groups is 1. The molecule has 4 rings (SSSR count). The zero-order chi connectivity index (χ0) is 15.1. The van der Waals surface area contributed by atoms with Crippen molar-refractivity contribution in [2.45, 2.75) is 10.1 Å². The fraction of sp³-hybridized carbons (Fsp3) is 0.0556. The first-order valence-corrected chi connectivity index (χ1v) is 8.23. The Morgan fingerprint density at radius 1 is 0.955 bits per heavy atom. The summed E-state index contributed by atoms with van der Waals surface area (Å²) in [5, 5.41) is 0.397. The molecular weight excluding hydrogens is 314 g/mol. The molecule has 0 spiro atoms. The number of hydrogen-bond acceptors (Lipinski definition) is 2. The number of Topliss-reactive ketones (excluding diaryl/α,β-unsaturated/α-hetero) is 1. The lowest BCUT2D eigenvalue weighted by Gasteiger charge is -2.14. The highest BCUT2D eigenvalue weighted by Gasteiger charge is 2.31. The molecule has 1 aliphatic rings. The summed E-state index contributed by atoms with van der Waals surface area (Å²) in [5.41, 5.74) is 2.66. The minimum Gasteiger partial charge on any atom is -0.313 e. The van der Waals surface area contributed by atoms with Gasteiger partial charge < -0.3 is 4.57 Å². The summed E-state index contributed by atoms with van der Waals surface area (Å²) in [6, 6.07) is 19.4. The van der Waals surface area contributed by atoms with Crippen molar-refractivity contribution in [1.29, 1.82) is 0 Å². The van der Waals surface area contributed by atoms with Crippen LogP contribution < -0.4 is 0 Å². The molecule has 0 bridgehead atoms. The SMILES string of the molecule is O=C1c2cccn2-c2cccc(Cl)c2SC1c1ccccc1. The van der Waals surface area contributed by atoms with Gasteiger partial charge in [-0.3, -0.25) is 4.79 Å². The normalized spacial score (nSPS) is 16.8. The van der Waals surface area contributed by atoms with Crippen molar-refractivity contribution in [1.82, 2.24) is 4.57 Å². The van der Waals surface area contributed by atoms with Gasteiger partial charge in [-0.05, 0) is 29.8 Å². The molecule has 2 nitrogen and oxygen atoms in total. The Balaban J connectivity index is 1.96. The lowest BCUT2D eigenvalue weighted by molar-refractivity contribution is 0.0984. The first kappa shape index (κ1) is 13.7. The molecule has 0 saturated carbocycles. The van der Waals surface area contributed by atoms with Crippen LogP contribution in [-0.2, 0) is 0 Å². The van der Waals surface area contributed by atoms with Crippen LogP contribution in [0.5, 0.6) is 0 Å². The predicted octanol–water partition coefficient (Wildman–Crippen LogP) is 5.16. The fourth-order valence-corrected chi connectivity index (χ4v) is 4.28. The van der Waals surface area contributed by atoms with E-state index in [2.05, 4.69) is 0 Å². The third kappa shape index (κ3) is 2.09. The Morgan fingerprint density at radius 3 is 2.59 bits per heavy atom. The molecule has 2 heterocycles. The molecule has 4 heteroatoms. The number of carbonyl (C=O) groups is 1. The number of ketones is 1. The Labute approximate surface area is 137 Å². The second kappa shape index (κ2) is 5.34. The third-order valence-electron chi connectivity index (χ3n) is 3.78. The number of carbonyl (C=O) groups excluding carboxylic acids is 1. The van der Waals surface area contributed by atoms with E-state index in [1.54, 1.807) is 0 Å². The van der Waals surface area contributed by atoms with E-state index in [0.717, 1.165) is 16.1 Å². The van der Waals surface area contributed by atoms with Crippen LogP contribution in [0.1, 0.15) is 21.3 Å². The maximum Gasteiger partial charge on any atom is 0.197 e. The van der Waals surface area contributed by atoms with Gasteiger partial charge in [0.1, 0.15) is 0 Å². The summed E-state index contributed by atoms with van der Waals surface area (Å²) in [7, 11) is 0. The van der Waals surface area contributed by atoms with Crippen molar-refractivity contribution in [3.63, 3.8) is 0 Å². The van der Waals surface area contributed by atoms with Crippen LogP contribution >= 0.6 is 23.4 Å². The van der Waals surface area contributed by atoms with E-state index in [4.69, 9.17) is 11.6 Å². The smallest absolute Gasteiger partial charge is 0.197 e. The molecule has 108 valence electrons. The summed E-state index contributed by atoms with van der Waals surface area (Å²) in [6.45, 7) is 0. The van der Waals surface area contributed by atoms with Crippen LogP contribution in [-0.4, -0.2) is 10.4 Å². The average Bonchev–Trinajstić information content (AvgIpc) is 2.99. The quantitative estimate of drug-likeness (QED) is 0.616. The van der Waals surface area contributed by atoms with Crippen LogP contribution in [0.2, 0.25) is 5.02 Å². The summed E-state index contributed by atoms with van der Waals surface area (Å²) in [5.74, 6) is 0.105.